The smallest absolute Gasteiger partial charge is 0.186 e. The van der Waals surface area contributed by atoms with Crippen LogP contribution in [-0.4, -0.2) is 5.78 Å². The molecule has 3 nitrogen and oxygen atoms in total. The van der Waals surface area contributed by atoms with Crippen molar-refractivity contribution in [2.75, 3.05) is 0 Å². The first-order valence-corrected chi connectivity index (χ1v) is 7.90. The molecule has 0 aliphatic rings. The number of hydrogen-bond donors (Lipinski definition) is 1. The number of nitrogens with one attached hydrogen (secondary N) is 1. The number of carbonyl (C=O) groups is 1. The second-order valence-electron chi connectivity index (χ2n) is 5.47. The van der Waals surface area contributed by atoms with E-state index < -0.39 is 6.04 Å². The number of benzene rings is 3. The van der Waals surface area contributed by atoms with E-state index in [-0.39, 0.29) is 5.78 Å². The molecule has 0 aromatic heterocycles. The van der Waals surface area contributed by atoms with Gasteiger partial charge in [0.05, 0.1) is 6.61 Å². The Morgan fingerprint density at radius 1 is 0.792 bits per heavy atom. The summed E-state index contributed by atoms with van der Waals surface area (Å²) in [5, 5.41) is 0. The molecular formula is C21H19NO2. The number of carbonyl (C=O) groups excluding carboxylic acids is 1. The molecule has 3 aromatic rings. The van der Waals surface area contributed by atoms with E-state index in [0.717, 1.165) is 11.1 Å². The van der Waals surface area contributed by atoms with Crippen molar-refractivity contribution in [3.05, 3.63) is 108 Å². The van der Waals surface area contributed by atoms with Gasteiger partial charge in [-0.2, -0.15) is 5.48 Å². The molecule has 0 fully saturated rings. The van der Waals surface area contributed by atoms with Gasteiger partial charge in [-0.1, -0.05) is 91.0 Å². The fourth-order valence-electron chi connectivity index (χ4n) is 2.47. The van der Waals surface area contributed by atoms with Crippen LogP contribution in [0.5, 0.6) is 0 Å². The van der Waals surface area contributed by atoms with Crippen molar-refractivity contribution in [2.24, 2.45) is 0 Å². The normalized spacial score (nSPS) is 11.8. The molecule has 0 unspecified atom stereocenters. The predicted octanol–water partition coefficient (Wildman–Crippen LogP) is 4.33. The summed E-state index contributed by atoms with van der Waals surface area (Å²) in [6, 6.07) is 28.2. The van der Waals surface area contributed by atoms with Crippen molar-refractivity contribution in [2.45, 2.75) is 12.6 Å². The number of hydrogen-bond acceptors (Lipinski definition) is 3. The minimum atomic E-state index is -0.544. The van der Waals surface area contributed by atoms with Gasteiger partial charge in [0, 0.05) is 5.56 Å². The van der Waals surface area contributed by atoms with Crippen LogP contribution in [0.3, 0.4) is 0 Å². The molecule has 0 saturated heterocycles. The summed E-state index contributed by atoms with van der Waals surface area (Å²) < 4.78 is 0. The third-order valence-corrected chi connectivity index (χ3v) is 3.74. The fraction of sp³-hybridized carbons (Fsp3) is 0.0952. The van der Waals surface area contributed by atoms with Crippen molar-refractivity contribution in [1.29, 1.82) is 0 Å². The summed E-state index contributed by atoms with van der Waals surface area (Å²) in [5.74, 6) is -0.0186. The summed E-state index contributed by atoms with van der Waals surface area (Å²) in [6.45, 7) is 0.395. The number of rotatable bonds is 7. The molecule has 0 aliphatic heterocycles. The van der Waals surface area contributed by atoms with Crippen LogP contribution in [0.2, 0.25) is 0 Å². The maximum atomic E-state index is 12.8. The van der Waals surface area contributed by atoms with Gasteiger partial charge in [-0.15, -0.1) is 0 Å². The van der Waals surface area contributed by atoms with Crippen LogP contribution in [0.4, 0.5) is 0 Å². The van der Waals surface area contributed by atoms with Crippen LogP contribution in [-0.2, 0) is 11.4 Å². The van der Waals surface area contributed by atoms with Gasteiger partial charge in [-0.3, -0.25) is 9.63 Å². The van der Waals surface area contributed by atoms with E-state index >= 15 is 0 Å². The molecular weight excluding hydrogens is 298 g/mol. The van der Waals surface area contributed by atoms with Gasteiger partial charge in [0.2, 0.25) is 0 Å². The van der Waals surface area contributed by atoms with Crippen molar-refractivity contribution >= 4 is 5.78 Å². The van der Waals surface area contributed by atoms with E-state index in [9.17, 15) is 4.79 Å². The lowest BCUT2D eigenvalue weighted by Crippen LogP contribution is -2.29. The molecule has 3 aromatic carbocycles. The monoisotopic (exact) mass is 317 g/mol. The highest BCUT2D eigenvalue weighted by molar-refractivity contribution is 6.00. The fourth-order valence-corrected chi connectivity index (χ4v) is 2.47. The zero-order chi connectivity index (χ0) is 16.6. The Bertz CT molecular complexity index is 758. The highest BCUT2D eigenvalue weighted by atomic mass is 16.6. The van der Waals surface area contributed by atoms with Crippen LogP contribution in [0.1, 0.15) is 27.5 Å². The summed E-state index contributed by atoms with van der Waals surface area (Å²) in [5.41, 5.74) is 5.51. The molecule has 120 valence electrons. The Labute approximate surface area is 141 Å². The molecule has 0 saturated carbocycles. The summed E-state index contributed by atoms with van der Waals surface area (Å²) in [6.07, 6.45) is 0. The summed E-state index contributed by atoms with van der Waals surface area (Å²) in [4.78, 5) is 18.5. The molecule has 24 heavy (non-hydrogen) atoms. The zero-order valence-corrected chi connectivity index (χ0v) is 13.3. The van der Waals surface area contributed by atoms with Gasteiger partial charge >= 0.3 is 0 Å². The Hall–Kier alpha value is -2.75. The van der Waals surface area contributed by atoms with Gasteiger partial charge < -0.3 is 0 Å². The topological polar surface area (TPSA) is 38.3 Å². The number of hydroxylamine groups is 1. The lowest BCUT2D eigenvalue weighted by atomic mass is 9.98. The van der Waals surface area contributed by atoms with E-state index in [1.165, 1.54) is 0 Å². The van der Waals surface area contributed by atoms with Crippen molar-refractivity contribution in [3.8, 4) is 0 Å². The zero-order valence-electron chi connectivity index (χ0n) is 13.3. The van der Waals surface area contributed by atoms with Gasteiger partial charge in [-0.05, 0) is 11.1 Å². The minimum Gasteiger partial charge on any atom is -0.296 e. The maximum Gasteiger partial charge on any atom is 0.186 e. The van der Waals surface area contributed by atoms with Crippen LogP contribution in [0.15, 0.2) is 91.0 Å². The van der Waals surface area contributed by atoms with Crippen LogP contribution >= 0.6 is 0 Å². The second kappa shape index (κ2) is 8.20. The second-order valence-corrected chi connectivity index (χ2v) is 5.47. The molecule has 0 heterocycles. The average Bonchev–Trinajstić information content (AvgIpc) is 2.67. The van der Waals surface area contributed by atoms with Crippen molar-refractivity contribution in [3.63, 3.8) is 0 Å². The maximum absolute atomic E-state index is 12.8. The van der Waals surface area contributed by atoms with E-state index in [1.54, 1.807) is 0 Å². The van der Waals surface area contributed by atoms with E-state index in [0.29, 0.717) is 12.2 Å². The molecule has 0 radical (unpaired) electrons. The van der Waals surface area contributed by atoms with E-state index in [4.69, 9.17) is 4.84 Å². The van der Waals surface area contributed by atoms with Crippen LogP contribution in [0.25, 0.3) is 0 Å². The number of ketones is 1. The summed E-state index contributed by atoms with van der Waals surface area (Å²) >= 11 is 0. The standard InChI is InChI=1S/C21H19NO2/c23-21(19-14-8-3-9-15-19)20(18-12-6-2-7-13-18)22-24-16-17-10-4-1-5-11-17/h1-15,20,22H,16H2/t20-/m0/s1. The highest BCUT2D eigenvalue weighted by Gasteiger charge is 2.21. The molecule has 0 spiro atoms. The molecule has 0 bridgehead atoms. The van der Waals surface area contributed by atoms with Crippen molar-refractivity contribution < 1.29 is 9.63 Å². The Kier molecular flexibility index (Phi) is 5.51. The van der Waals surface area contributed by atoms with E-state index in [1.807, 2.05) is 91.0 Å². The van der Waals surface area contributed by atoms with Crippen LogP contribution in [0, 0.1) is 0 Å². The molecule has 0 aliphatic carbocycles. The molecule has 0 amide bonds. The number of Topliss-reactive ketones (excluding diaryl/α,β-unsaturated/α-hetero) is 1. The first-order valence-electron chi connectivity index (χ1n) is 7.90. The van der Waals surface area contributed by atoms with Crippen LogP contribution < -0.4 is 5.48 Å². The molecule has 3 rings (SSSR count). The largest absolute Gasteiger partial charge is 0.296 e. The molecule has 1 atom stereocenters. The van der Waals surface area contributed by atoms with Gasteiger partial charge in [0.1, 0.15) is 6.04 Å². The average molecular weight is 317 g/mol. The van der Waals surface area contributed by atoms with Gasteiger partial charge in [0.15, 0.2) is 5.78 Å². The lowest BCUT2D eigenvalue weighted by molar-refractivity contribution is 0.00567. The third-order valence-electron chi connectivity index (χ3n) is 3.74. The lowest BCUT2D eigenvalue weighted by Gasteiger charge is -2.18. The third kappa shape index (κ3) is 4.16. The Balaban J connectivity index is 1.74. The quantitative estimate of drug-likeness (QED) is 0.520. The van der Waals surface area contributed by atoms with Gasteiger partial charge in [0.25, 0.3) is 0 Å². The molecule has 3 heteroatoms. The predicted molar refractivity (Wildman–Crippen MR) is 94.3 cm³/mol. The van der Waals surface area contributed by atoms with E-state index in [2.05, 4.69) is 5.48 Å². The highest BCUT2D eigenvalue weighted by Crippen LogP contribution is 2.19. The minimum absolute atomic E-state index is 0.0186. The first-order chi connectivity index (χ1) is 11.8. The SMILES string of the molecule is O=C(c1ccccc1)[C@@H](NOCc1ccccc1)c1ccccc1. The first kappa shape index (κ1) is 16.1. The molecule has 1 N–H and O–H groups in total. The van der Waals surface area contributed by atoms with Gasteiger partial charge in [-0.25, -0.2) is 0 Å². The summed E-state index contributed by atoms with van der Waals surface area (Å²) in [7, 11) is 0. The van der Waals surface area contributed by atoms with Crippen molar-refractivity contribution in [1.82, 2.24) is 5.48 Å². The Morgan fingerprint density at radius 3 is 1.96 bits per heavy atom. The Morgan fingerprint density at radius 2 is 1.33 bits per heavy atom.